The molecular formula is C14H10BrN3O2. The molecule has 100 valence electrons. The van der Waals surface area contributed by atoms with Crippen LogP contribution >= 0.6 is 15.9 Å². The lowest BCUT2D eigenvalue weighted by Gasteiger charge is -2.00. The van der Waals surface area contributed by atoms with Crippen LogP contribution in [-0.2, 0) is 4.74 Å². The zero-order valence-corrected chi connectivity index (χ0v) is 12.1. The summed E-state index contributed by atoms with van der Waals surface area (Å²) in [5.74, 6) is 0.355. The number of nitrogens with one attached hydrogen (secondary N) is 1. The number of rotatable bonds is 2. The molecule has 1 N–H and O–H groups in total. The lowest BCUT2D eigenvalue weighted by molar-refractivity contribution is 0.0601. The van der Waals surface area contributed by atoms with Gasteiger partial charge in [-0.2, -0.15) is 0 Å². The molecule has 0 unspecified atom stereocenters. The van der Waals surface area contributed by atoms with Crippen LogP contribution in [0, 0.1) is 0 Å². The molecule has 0 aliphatic rings. The van der Waals surface area contributed by atoms with Crippen molar-refractivity contribution in [1.29, 1.82) is 0 Å². The van der Waals surface area contributed by atoms with Gasteiger partial charge in [-0.05, 0) is 34.1 Å². The van der Waals surface area contributed by atoms with E-state index in [1.807, 2.05) is 18.2 Å². The largest absolute Gasteiger partial charge is 0.465 e. The number of pyridine rings is 1. The number of hydrogen-bond acceptors (Lipinski definition) is 4. The third-order valence-electron chi connectivity index (χ3n) is 2.88. The fraction of sp³-hybridized carbons (Fsp3) is 0.0714. The van der Waals surface area contributed by atoms with Crippen molar-refractivity contribution < 1.29 is 9.53 Å². The van der Waals surface area contributed by atoms with Gasteiger partial charge in [0.1, 0.15) is 5.82 Å². The van der Waals surface area contributed by atoms with Crippen LogP contribution in [0.4, 0.5) is 0 Å². The topological polar surface area (TPSA) is 67.9 Å². The Labute approximate surface area is 123 Å². The molecule has 20 heavy (non-hydrogen) atoms. The molecule has 3 aromatic rings. The summed E-state index contributed by atoms with van der Waals surface area (Å²) in [5.41, 5.74) is 2.90. The van der Waals surface area contributed by atoms with Crippen molar-refractivity contribution in [2.75, 3.05) is 7.11 Å². The Morgan fingerprint density at radius 2 is 2.05 bits per heavy atom. The number of carbonyl (C=O) groups excluding carboxylic acids is 1. The molecule has 0 spiro atoms. The van der Waals surface area contributed by atoms with Crippen molar-refractivity contribution in [2.45, 2.75) is 0 Å². The first-order valence-electron chi connectivity index (χ1n) is 5.87. The number of fused-ring (bicyclic) bond motifs is 1. The van der Waals surface area contributed by atoms with Gasteiger partial charge in [-0.3, -0.25) is 0 Å². The van der Waals surface area contributed by atoms with E-state index in [9.17, 15) is 4.79 Å². The smallest absolute Gasteiger partial charge is 0.337 e. The number of carbonyl (C=O) groups is 1. The second-order valence-electron chi connectivity index (χ2n) is 4.18. The first kappa shape index (κ1) is 12.8. The van der Waals surface area contributed by atoms with Crippen LogP contribution in [0.2, 0.25) is 0 Å². The van der Waals surface area contributed by atoms with Gasteiger partial charge in [-0.1, -0.05) is 12.1 Å². The van der Waals surface area contributed by atoms with Crippen LogP contribution in [0.1, 0.15) is 10.4 Å². The monoisotopic (exact) mass is 331 g/mol. The molecular weight excluding hydrogens is 322 g/mol. The number of methoxy groups -OCH3 is 1. The quantitative estimate of drug-likeness (QED) is 0.732. The number of aromatic nitrogens is 3. The second kappa shape index (κ2) is 5.05. The fourth-order valence-electron chi connectivity index (χ4n) is 1.89. The minimum atomic E-state index is -0.355. The molecule has 0 saturated heterocycles. The molecule has 0 atom stereocenters. The molecule has 1 aromatic carbocycles. The Hall–Kier alpha value is -2.21. The van der Waals surface area contributed by atoms with Crippen molar-refractivity contribution in [3.63, 3.8) is 0 Å². The van der Waals surface area contributed by atoms with Gasteiger partial charge < -0.3 is 9.72 Å². The molecule has 2 heterocycles. The summed E-state index contributed by atoms with van der Waals surface area (Å²) < 4.78 is 5.56. The number of aromatic amines is 1. The van der Waals surface area contributed by atoms with Crippen LogP contribution in [0.5, 0.6) is 0 Å². The maximum absolute atomic E-state index is 11.4. The number of nitrogens with zero attached hydrogens (tertiary/aromatic N) is 2. The number of H-pyrrole nitrogens is 1. The minimum absolute atomic E-state index is 0.355. The normalized spacial score (nSPS) is 10.7. The molecule has 2 aromatic heterocycles. The molecule has 3 rings (SSSR count). The van der Waals surface area contributed by atoms with Crippen LogP contribution in [0.15, 0.2) is 41.0 Å². The molecule has 0 amide bonds. The molecule has 0 radical (unpaired) electrons. The highest BCUT2D eigenvalue weighted by Crippen LogP contribution is 2.21. The number of hydrogen-bond donors (Lipinski definition) is 1. The maximum Gasteiger partial charge on any atom is 0.337 e. The number of esters is 1. The molecule has 0 aliphatic carbocycles. The minimum Gasteiger partial charge on any atom is -0.465 e. The summed E-state index contributed by atoms with van der Waals surface area (Å²) in [6.07, 6.45) is 1.70. The van der Waals surface area contributed by atoms with Crippen LogP contribution in [0.3, 0.4) is 0 Å². The van der Waals surface area contributed by atoms with Gasteiger partial charge in [0.15, 0.2) is 5.65 Å². The lowest BCUT2D eigenvalue weighted by atomic mass is 10.1. The first-order chi connectivity index (χ1) is 9.67. The van der Waals surface area contributed by atoms with E-state index in [0.29, 0.717) is 17.0 Å². The Kier molecular flexibility index (Phi) is 3.23. The summed E-state index contributed by atoms with van der Waals surface area (Å²) in [6.45, 7) is 0. The second-order valence-corrected chi connectivity index (χ2v) is 5.09. The van der Waals surface area contributed by atoms with Crippen LogP contribution in [0.25, 0.3) is 22.6 Å². The van der Waals surface area contributed by atoms with Gasteiger partial charge >= 0.3 is 5.97 Å². The molecule has 0 saturated carbocycles. The number of halogens is 1. The Morgan fingerprint density at radius 1 is 1.30 bits per heavy atom. The summed E-state index contributed by atoms with van der Waals surface area (Å²) in [4.78, 5) is 23.2. The molecule has 6 heteroatoms. The van der Waals surface area contributed by atoms with E-state index in [2.05, 4.69) is 35.6 Å². The SMILES string of the molecule is COC(=O)c1ccc(-c2nc3ncc(Br)cc3[nH]2)cc1. The number of imidazole rings is 1. The lowest BCUT2D eigenvalue weighted by Crippen LogP contribution is -2.00. The van der Waals surface area contributed by atoms with Crippen molar-refractivity contribution in [3.8, 4) is 11.4 Å². The molecule has 5 nitrogen and oxygen atoms in total. The van der Waals surface area contributed by atoms with E-state index >= 15 is 0 Å². The molecule has 0 bridgehead atoms. The highest BCUT2D eigenvalue weighted by atomic mass is 79.9. The average Bonchev–Trinajstić information content (AvgIpc) is 2.89. The number of ether oxygens (including phenoxy) is 1. The summed E-state index contributed by atoms with van der Waals surface area (Å²) in [5, 5.41) is 0. The Balaban J connectivity index is 2.00. The Morgan fingerprint density at radius 3 is 2.75 bits per heavy atom. The average molecular weight is 332 g/mol. The Bertz CT molecular complexity index is 781. The standard InChI is InChI=1S/C14H10BrN3O2/c1-20-14(19)9-4-2-8(3-5-9)12-17-11-6-10(15)7-16-13(11)18-12/h2-7H,1H3,(H,16,17,18). The fourth-order valence-corrected chi connectivity index (χ4v) is 2.22. The van der Waals surface area contributed by atoms with E-state index < -0.39 is 0 Å². The van der Waals surface area contributed by atoms with Crippen LogP contribution < -0.4 is 0 Å². The van der Waals surface area contributed by atoms with Crippen molar-refractivity contribution in [1.82, 2.24) is 15.0 Å². The predicted molar refractivity (Wildman–Crippen MR) is 78.4 cm³/mol. The van der Waals surface area contributed by atoms with E-state index in [4.69, 9.17) is 0 Å². The third-order valence-corrected chi connectivity index (χ3v) is 3.32. The van der Waals surface area contributed by atoms with E-state index in [-0.39, 0.29) is 5.97 Å². The summed E-state index contributed by atoms with van der Waals surface area (Å²) in [7, 11) is 1.36. The van der Waals surface area contributed by atoms with Gasteiger partial charge in [0, 0.05) is 16.2 Å². The van der Waals surface area contributed by atoms with Crippen molar-refractivity contribution >= 4 is 33.1 Å². The highest BCUT2D eigenvalue weighted by molar-refractivity contribution is 9.10. The van der Waals surface area contributed by atoms with Gasteiger partial charge in [0.25, 0.3) is 0 Å². The predicted octanol–water partition coefficient (Wildman–Crippen LogP) is 3.17. The molecule has 0 fully saturated rings. The number of benzene rings is 1. The van der Waals surface area contributed by atoms with E-state index in [1.165, 1.54) is 7.11 Å². The van der Waals surface area contributed by atoms with Gasteiger partial charge in [0.05, 0.1) is 18.2 Å². The maximum atomic E-state index is 11.4. The van der Waals surface area contributed by atoms with Gasteiger partial charge in [0.2, 0.25) is 0 Å². The van der Waals surface area contributed by atoms with E-state index in [0.717, 1.165) is 15.6 Å². The summed E-state index contributed by atoms with van der Waals surface area (Å²) >= 11 is 3.37. The third kappa shape index (κ3) is 2.30. The highest BCUT2D eigenvalue weighted by Gasteiger charge is 2.09. The van der Waals surface area contributed by atoms with Gasteiger partial charge in [-0.25, -0.2) is 14.8 Å². The zero-order valence-electron chi connectivity index (χ0n) is 10.6. The van der Waals surface area contributed by atoms with Crippen molar-refractivity contribution in [3.05, 3.63) is 46.6 Å². The van der Waals surface area contributed by atoms with Crippen molar-refractivity contribution in [2.24, 2.45) is 0 Å². The molecule has 0 aliphatic heterocycles. The van der Waals surface area contributed by atoms with E-state index in [1.54, 1.807) is 18.3 Å². The summed E-state index contributed by atoms with van der Waals surface area (Å²) in [6, 6.07) is 8.97. The van der Waals surface area contributed by atoms with Gasteiger partial charge in [-0.15, -0.1) is 0 Å². The first-order valence-corrected chi connectivity index (χ1v) is 6.66. The van der Waals surface area contributed by atoms with Crippen LogP contribution in [-0.4, -0.2) is 28.0 Å². The zero-order chi connectivity index (χ0) is 14.1.